The molecule has 1 aromatic heterocycles. The van der Waals surface area contributed by atoms with Crippen molar-refractivity contribution < 1.29 is 4.39 Å². The van der Waals surface area contributed by atoms with Gasteiger partial charge in [-0.15, -0.1) is 24.0 Å². The lowest BCUT2D eigenvalue weighted by atomic mass is 10.1. The van der Waals surface area contributed by atoms with Crippen LogP contribution in [0.25, 0.3) is 0 Å². The normalized spacial score (nSPS) is 15.0. The predicted molar refractivity (Wildman–Crippen MR) is 118 cm³/mol. The van der Waals surface area contributed by atoms with E-state index in [-0.39, 0.29) is 29.8 Å². The molecule has 1 aliphatic heterocycles. The van der Waals surface area contributed by atoms with E-state index in [4.69, 9.17) is 5.73 Å². The van der Waals surface area contributed by atoms with E-state index in [9.17, 15) is 4.39 Å². The van der Waals surface area contributed by atoms with Gasteiger partial charge in [-0.1, -0.05) is 0 Å². The fraction of sp³-hybridized carbons (Fsp3) is 0.474. The van der Waals surface area contributed by atoms with Crippen LogP contribution >= 0.6 is 24.0 Å². The van der Waals surface area contributed by atoms with Crippen molar-refractivity contribution in [2.45, 2.75) is 20.3 Å². The zero-order chi connectivity index (χ0) is 18.7. The number of anilines is 1. The molecule has 0 bridgehead atoms. The molecule has 0 saturated carbocycles. The van der Waals surface area contributed by atoms with Crippen molar-refractivity contribution in [3.05, 3.63) is 47.0 Å². The van der Waals surface area contributed by atoms with Crippen LogP contribution in [-0.2, 0) is 13.5 Å². The highest BCUT2D eigenvalue weighted by molar-refractivity contribution is 14.0. The number of aromatic nitrogens is 2. The van der Waals surface area contributed by atoms with Crippen molar-refractivity contribution in [1.82, 2.24) is 14.7 Å². The average Bonchev–Trinajstić information content (AvgIpc) is 2.88. The first-order chi connectivity index (χ1) is 12.5. The molecule has 0 spiro atoms. The van der Waals surface area contributed by atoms with E-state index in [0.29, 0.717) is 12.5 Å². The van der Waals surface area contributed by atoms with Gasteiger partial charge in [-0.25, -0.2) is 4.39 Å². The van der Waals surface area contributed by atoms with E-state index in [1.807, 2.05) is 30.8 Å². The first-order valence-electron chi connectivity index (χ1n) is 9.00. The van der Waals surface area contributed by atoms with Crippen molar-refractivity contribution in [3.8, 4) is 0 Å². The van der Waals surface area contributed by atoms with Gasteiger partial charge in [-0.2, -0.15) is 5.10 Å². The maximum atomic E-state index is 13.0. The van der Waals surface area contributed by atoms with Gasteiger partial charge in [0.1, 0.15) is 5.82 Å². The molecule has 8 heteroatoms. The SMILES string of the molecule is Cc1nn(C)c(C)c1CCN=C(N)N1CCN(c2ccc(F)cc2)CC1.I. The second-order valence-electron chi connectivity index (χ2n) is 6.71. The quantitative estimate of drug-likeness (QED) is 0.410. The number of benzene rings is 1. The van der Waals surface area contributed by atoms with Gasteiger partial charge >= 0.3 is 0 Å². The van der Waals surface area contributed by atoms with Crippen LogP contribution in [0, 0.1) is 19.7 Å². The number of aryl methyl sites for hydroxylation is 2. The molecule has 3 rings (SSSR count). The number of hydrogen-bond donors (Lipinski definition) is 1. The lowest BCUT2D eigenvalue weighted by Gasteiger charge is -2.36. The molecule has 1 saturated heterocycles. The highest BCUT2D eigenvalue weighted by Crippen LogP contribution is 2.17. The molecule has 0 unspecified atom stereocenters. The first-order valence-corrected chi connectivity index (χ1v) is 9.00. The number of nitrogens with two attached hydrogens (primary N) is 1. The van der Waals surface area contributed by atoms with E-state index in [0.717, 1.165) is 44.0 Å². The Morgan fingerprint density at radius 3 is 2.33 bits per heavy atom. The Morgan fingerprint density at radius 1 is 1.15 bits per heavy atom. The molecule has 1 fully saturated rings. The fourth-order valence-electron chi connectivity index (χ4n) is 3.41. The van der Waals surface area contributed by atoms with Gasteiger partial charge in [-0.3, -0.25) is 9.67 Å². The van der Waals surface area contributed by atoms with Crippen molar-refractivity contribution in [1.29, 1.82) is 0 Å². The molecule has 2 N–H and O–H groups in total. The molecule has 0 amide bonds. The summed E-state index contributed by atoms with van der Waals surface area (Å²) in [6.45, 7) is 8.11. The third-order valence-corrected chi connectivity index (χ3v) is 5.09. The van der Waals surface area contributed by atoms with Crippen LogP contribution in [0.2, 0.25) is 0 Å². The van der Waals surface area contributed by atoms with E-state index in [2.05, 4.69) is 26.8 Å². The zero-order valence-corrected chi connectivity index (χ0v) is 18.5. The summed E-state index contributed by atoms with van der Waals surface area (Å²) >= 11 is 0. The van der Waals surface area contributed by atoms with Gasteiger partial charge in [-0.05, 0) is 50.1 Å². The molecular weight excluding hydrogens is 458 g/mol. The van der Waals surface area contributed by atoms with Gasteiger partial charge < -0.3 is 15.5 Å². The van der Waals surface area contributed by atoms with Crippen molar-refractivity contribution in [3.63, 3.8) is 0 Å². The largest absolute Gasteiger partial charge is 0.370 e. The van der Waals surface area contributed by atoms with Gasteiger partial charge in [0.15, 0.2) is 5.96 Å². The Kier molecular flexibility index (Phi) is 7.46. The number of aliphatic imine (C=N–C) groups is 1. The van der Waals surface area contributed by atoms with Crippen molar-refractivity contribution in [2.75, 3.05) is 37.6 Å². The summed E-state index contributed by atoms with van der Waals surface area (Å²) in [7, 11) is 1.96. The number of piperazine rings is 1. The Bertz CT molecular complexity index is 778. The Morgan fingerprint density at radius 2 is 1.78 bits per heavy atom. The maximum absolute atomic E-state index is 13.0. The van der Waals surface area contributed by atoms with Gasteiger partial charge in [0, 0.05) is 51.2 Å². The van der Waals surface area contributed by atoms with E-state index < -0.39 is 0 Å². The van der Waals surface area contributed by atoms with Gasteiger partial charge in [0.05, 0.1) is 5.69 Å². The number of nitrogens with zero attached hydrogens (tertiary/aromatic N) is 5. The van der Waals surface area contributed by atoms with Crippen LogP contribution in [-0.4, -0.2) is 53.4 Å². The van der Waals surface area contributed by atoms with Crippen LogP contribution in [0.4, 0.5) is 10.1 Å². The van der Waals surface area contributed by atoms with Crippen LogP contribution in [0.1, 0.15) is 17.0 Å². The van der Waals surface area contributed by atoms with Crippen LogP contribution in [0.3, 0.4) is 0 Å². The first kappa shape index (κ1) is 21.5. The Balaban J connectivity index is 0.00000261. The van der Waals surface area contributed by atoms with Crippen molar-refractivity contribution >= 4 is 35.6 Å². The molecule has 2 heterocycles. The predicted octanol–water partition coefficient (Wildman–Crippen LogP) is 2.47. The summed E-state index contributed by atoms with van der Waals surface area (Å²) in [5, 5.41) is 4.44. The zero-order valence-electron chi connectivity index (χ0n) is 16.2. The molecule has 2 aromatic rings. The summed E-state index contributed by atoms with van der Waals surface area (Å²) in [5.41, 5.74) is 10.7. The molecule has 148 valence electrons. The van der Waals surface area contributed by atoms with Crippen LogP contribution in [0.15, 0.2) is 29.3 Å². The lowest BCUT2D eigenvalue weighted by Crippen LogP contribution is -2.51. The summed E-state index contributed by atoms with van der Waals surface area (Å²) < 4.78 is 15.0. The monoisotopic (exact) mass is 486 g/mol. The maximum Gasteiger partial charge on any atom is 0.191 e. The molecule has 1 aliphatic rings. The molecular formula is C19H28FIN6. The lowest BCUT2D eigenvalue weighted by molar-refractivity contribution is 0.381. The highest BCUT2D eigenvalue weighted by atomic mass is 127. The topological polar surface area (TPSA) is 62.7 Å². The van der Waals surface area contributed by atoms with Crippen molar-refractivity contribution in [2.24, 2.45) is 17.8 Å². The summed E-state index contributed by atoms with van der Waals surface area (Å²) in [6.07, 6.45) is 0.849. The third-order valence-electron chi connectivity index (χ3n) is 5.09. The molecule has 0 aliphatic carbocycles. The number of rotatable bonds is 4. The molecule has 6 nitrogen and oxygen atoms in total. The second-order valence-corrected chi connectivity index (χ2v) is 6.71. The minimum atomic E-state index is -0.206. The minimum absolute atomic E-state index is 0. The van der Waals surface area contributed by atoms with Crippen LogP contribution in [0.5, 0.6) is 0 Å². The van der Waals surface area contributed by atoms with E-state index >= 15 is 0 Å². The Labute approximate surface area is 177 Å². The second kappa shape index (κ2) is 9.38. The molecule has 1 aromatic carbocycles. The van der Waals surface area contributed by atoms with Crippen LogP contribution < -0.4 is 10.6 Å². The number of hydrogen-bond acceptors (Lipinski definition) is 3. The standard InChI is InChI=1S/C19H27FN6.HI/c1-14-18(15(2)24(3)23-14)8-9-22-19(21)26-12-10-25(11-13-26)17-6-4-16(20)5-7-17;/h4-7H,8-13H2,1-3H3,(H2,21,22);1H. The molecule has 0 atom stereocenters. The number of guanidine groups is 1. The van der Waals surface area contributed by atoms with E-state index in [1.165, 1.54) is 23.4 Å². The molecule has 0 radical (unpaired) electrons. The number of halogens is 2. The highest BCUT2D eigenvalue weighted by Gasteiger charge is 2.18. The van der Waals surface area contributed by atoms with E-state index in [1.54, 1.807) is 0 Å². The molecule has 27 heavy (non-hydrogen) atoms. The van der Waals surface area contributed by atoms with Gasteiger partial charge in [0.25, 0.3) is 0 Å². The average molecular weight is 486 g/mol. The van der Waals surface area contributed by atoms with Gasteiger partial charge in [0.2, 0.25) is 0 Å². The fourth-order valence-corrected chi connectivity index (χ4v) is 3.41. The summed E-state index contributed by atoms with van der Waals surface area (Å²) in [6, 6.07) is 6.64. The summed E-state index contributed by atoms with van der Waals surface area (Å²) in [4.78, 5) is 8.91. The minimum Gasteiger partial charge on any atom is -0.370 e. The Hall–Kier alpha value is -1.84. The smallest absolute Gasteiger partial charge is 0.191 e. The third kappa shape index (κ3) is 5.12. The summed E-state index contributed by atoms with van der Waals surface area (Å²) in [5.74, 6) is 0.394.